The summed E-state index contributed by atoms with van der Waals surface area (Å²) in [4.78, 5) is 12.4. The molecule has 0 aliphatic rings. The number of carbonyl (C=O) groups excluding carboxylic acids is 1. The highest BCUT2D eigenvalue weighted by atomic mass is 79.9. The van der Waals surface area contributed by atoms with Gasteiger partial charge in [-0.1, -0.05) is 59.6 Å². The van der Waals surface area contributed by atoms with E-state index in [-0.39, 0.29) is 5.91 Å². The summed E-state index contributed by atoms with van der Waals surface area (Å²) in [6, 6.07) is 9.94. The molecule has 0 saturated heterocycles. The number of halogens is 1. The fourth-order valence-electron chi connectivity index (χ4n) is 2.05. The normalized spacial score (nSPS) is 13.1. The molecule has 2 nitrogen and oxygen atoms in total. The summed E-state index contributed by atoms with van der Waals surface area (Å²) in [5, 5.41) is 4.09. The van der Waals surface area contributed by atoms with Crippen LogP contribution in [-0.2, 0) is 10.2 Å². The van der Waals surface area contributed by atoms with E-state index in [9.17, 15) is 4.79 Å². The van der Waals surface area contributed by atoms with Crippen LogP contribution in [0.5, 0.6) is 0 Å². The van der Waals surface area contributed by atoms with E-state index in [0.717, 1.165) is 30.3 Å². The maximum Gasteiger partial charge on any atom is 0.230 e. The van der Waals surface area contributed by atoms with Gasteiger partial charge in [0.15, 0.2) is 0 Å². The van der Waals surface area contributed by atoms with Crippen molar-refractivity contribution in [1.82, 2.24) is 5.32 Å². The largest absolute Gasteiger partial charge is 0.355 e. The summed E-state index contributed by atoms with van der Waals surface area (Å²) < 4.78 is 0. The van der Waals surface area contributed by atoms with Crippen molar-refractivity contribution in [3.8, 4) is 0 Å². The van der Waals surface area contributed by atoms with Gasteiger partial charge in [-0.05, 0) is 31.7 Å². The summed E-state index contributed by atoms with van der Waals surface area (Å²) in [6.45, 7) is 6.88. The molecule has 1 unspecified atom stereocenters. The van der Waals surface area contributed by atoms with E-state index >= 15 is 0 Å². The molecular formula is C16H24BrNO. The van der Waals surface area contributed by atoms with E-state index in [1.165, 1.54) is 0 Å². The summed E-state index contributed by atoms with van der Waals surface area (Å²) in [5.74, 6) is 0.654. The number of nitrogens with one attached hydrogen (secondary N) is 1. The van der Waals surface area contributed by atoms with Crippen molar-refractivity contribution in [2.24, 2.45) is 5.92 Å². The maximum absolute atomic E-state index is 12.4. The van der Waals surface area contributed by atoms with E-state index in [1.807, 2.05) is 44.2 Å². The van der Waals surface area contributed by atoms with Crippen molar-refractivity contribution < 1.29 is 4.79 Å². The Hall–Kier alpha value is -0.830. The van der Waals surface area contributed by atoms with Crippen molar-refractivity contribution in [2.45, 2.75) is 39.0 Å². The summed E-state index contributed by atoms with van der Waals surface area (Å²) in [7, 11) is 0. The molecule has 1 amide bonds. The zero-order valence-electron chi connectivity index (χ0n) is 12.1. The van der Waals surface area contributed by atoms with E-state index < -0.39 is 5.41 Å². The van der Waals surface area contributed by atoms with Crippen LogP contribution in [-0.4, -0.2) is 17.8 Å². The Balaban J connectivity index is 2.62. The lowest BCUT2D eigenvalue weighted by atomic mass is 9.83. The third-order valence-electron chi connectivity index (χ3n) is 3.71. The Morgan fingerprint density at radius 3 is 2.47 bits per heavy atom. The molecule has 1 N–H and O–H groups in total. The lowest BCUT2D eigenvalue weighted by Crippen LogP contribution is -2.42. The molecule has 106 valence electrons. The van der Waals surface area contributed by atoms with Gasteiger partial charge in [0.05, 0.1) is 5.41 Å². The zero-order chi connectivity index (χ0) is 14.3. The number of alkyl halides is 1. The number of benzene rings is 1. The lowest BCUT2D eigenvalue weighted by molar-refractivity contribution is -0.125. The molecule has 1 aromatic rings. The summed E-state index contributed by atoms with van der Waals surface area (Å²) in [6.07, 6.45) is 2.19. The second-order valence-corrected chi connectivity index (χ2v) is 6.25. The van der Waals surface area contributed by atoms with Gasteiger partial charge in [0, 0.05) is 11.9 Å². The lowest BCUT2D eigenvalue weighted by Gasteiger charge is -2.25. The first kappa shape index (κ1) is 16.2. The topological polar surface area (TPSA) is 29.1 Å². The van der Waals surface area contributed by atoms with Gasteiger partial charge < -0.3 is 5.32 Å². The highest BCUT2D eigenvalue weighted by molar-refractivity contribution is 9.09. The van der Waals surface area contributed by atoms with Crippen molar-refractivity contribution in [1.29, 1.82) is 0 Å². The van der Waals surface area contributed by atoms with Crippen LogP contribution in [0.2, 0.25) is 0 Å². The van der Waals surface area contributed by atoms with Crippen LogP contribution >= 0.6 is 15.9 Å². The van der Waals surface area contributed by atoms with Gasteiger partial charge in [-0.15, -0.1) is 0 Å². The predicted octanol–water partition coefficient (Wildman–Crippen LogP) is 3.89. The van der Waals surface area contributed by atoms with Gasteiger partial charge in [0.1, 0.15) is 0 Å². The van der Waals surface area contributed by atoms with Gasteiger partial charge in [-0.25, -0.2) is 0 Å². The highest BCUT2D eigenvalue weighted by Gasteiger charge is 2.29. The minimum Gasteiger partial charge on any atom is -0.355 e. The average Bonchev–Trinajstić information content (AvgIpc) is 2.43. The molecular weight excluding hydrogens is 302 g/mol. The highest BCUT2D eigenvalue weighted by Crippen LogP contribution is 2.23. The molecule has 19 heavy (non-hydrogen) atoms. The van der Waals surface area contributed by atoms with E-state index in [4.69, 9.17) is 0 Å². The number of rotatable bonds is 7. The smallest absolute Gasteiger partial charge is 0.230 e. The zero-order valence-corrected chi connectivity index (χ0v) is 13.7. The quantitative estimate of drug-likeness (QED) is 0.757. The molecule has 1 atom stereocenters. The van der Waals surface area contributed by atoms with Crippen LogP contribution in [0.25, 0.3) is 0 Å². The number of amides is 1. The van der Waals surface area contributed by atoms with Crippen LogP contribution < -0.4 is 5.32 Å². The van der Waals surface area contributed by atoms with E-state index in [2.05, 4.69) is 28.2 Å². The van der Waals surface area contributed by atoms with Crippen LogP contribution in [0.1, 0.15) is 39.2 Å². The second kappa shape index (κ2) is 7.68. The second-order valence-electron chi connectivity index (χ2n) is 5.45. The first-order valence-electron chi connectivity index (χ1n) is 6.92. The van der Waals surface area contributed by atoms with Gasteiger partial charge >= 0.3 is 0 Å². The average molecular weight is 326 g/mol. The van der Waals surface area contributed by atoms with Gasteiger partial charge in [0.25, 0.3) is 0 Å². The van der Waals surface area contributed by atoms with Crippen LogP contribution in [0.4, 0.5) is 0 Å². The van der Waals surface area contributed by atoms with E-state index in [1.54, 1.807) is 0 Å². The molecule has 3 heteroatoms. The summed E-state index contributed by atoms with van der Waals surface area (Å²) >= 11 is 3.46. The fourth-order valence-corrected chi connectivity index (χ4v) is 2.70. The fraction of sp³-hybridized carbons (Fsp3) is 0.562. The molecule has 0 saturated carbocycles. The Morgan fingerprint density at radius 2 is 1.95 bits per heavy atom. The van der Waals surface area contributed by atoms with Gasteiger partial charge in [0.2, 0.25) is 5.91 Å². The molecule has 0 aliphatic heterocycles. The van der Waals surface area contributed by atoms with Gasteiger partial charge in [-0.2, -0.15) is 0 Å². The number of hydrogen-bond donors (Lipinski definition) is 1. The minimum absolute atomic E-state index is 0.103. The molecule has 0 fully saturated rings. The van der Waals surface area contributed by atoms with Crippen molar-refractivity contribution in [3.63, 3.8) is 0 Å². The molecule has 0 aliphatic carbocycles. The monoisotopic (exact) mass is 325 g/mol. The Bertz CT molecular complexity index is 389. The molecule has 0 radical (unpaired) electrons. The number of carbonyl (C=O) groups is 1. The Kier molecular flexibility index (Phi) is 6.56. The van der Waals surface area contributed by atoms with Crippen LogP contribution in [0.15, 0.2) is 30.3 Å². The van der Waals surface area contributed by atoms with Gasteiger partial charge in [-0.3, -0.25) is 4.79 Å². The van der Waals surface area contributed by atoms with Crippen molar-refractivity contribution in [2.75, 3.05) is 11.9 Å². The molecule has 0 heterocycles. The van der Waals surface area contributed by atoms with Crippen LogP contribution in [0.3, 0.4) is 0 Å². The SMILES string of the molecule is CCC(CCBr)CNC(=O)C(C)(C)c1ccccc1. The number of hydrogen-bond acceptors (Lipinski definition) is 1. The van der Waals surface area contributed by atoms with Crippen molar-refractivity contribution in [3.05, 3.63) is 35.9 Å². The molecule has 0 spiro atoms. The molecule has 1 aromatic carbocycles. The maximum atomic E-state index is 12.4. The third-order valence-corrected chi connectivity index (χ3v) is 4.17. The first-order valence-corrected chi connectivity index (χ1v) is 8.04. The molecule has 1 rings (SSSR count). The van der Waals surface area contributed by atoms with E-state index in [0.29, 0.717) is 5.92 Å². The van der Waals surface area contributed by atoms with Crippen molar-refractivity contribution >= 4 is 21.8 Å². The third kappa shape index (κ3) is 4.64. The Morgan fingerprint density at radius 1 is 1.32 bits per heavy atom. The Labute approximate surface area is 125 Å². The summed E-state index contributed by atoms with van der Waals surface area (Å²) in [5.41, 5.74) is 0.578. The van der Waals surface area contributed by atoms with Crippen LogP contribution in [0, 0.1) is 5.92 Å². The molecule has 0 bridgehead atoms. The molecule has 0 aromatic heterocycles. The first-order chi connectivity index (χ1) is 9.02. The standard InChI is InChI=1S/C16H24BrNO/c1-4-13(10-11-17)12-18-15(19)16(2,3)14-8-6-5-7-9-14/h5-9,13H,4,10-12H2,1-3H3,(H,18,19). The predicted molar refractivity (Wildman–Crippen MR) is 84.7 cm³/mol. The minimum atomic E-state index is -0.478.